The van der Waals surface area contributed by atoms with Gasteiger partial charge >= 0.3 is 5.97 Å². The minimum absolute atomic E-state index is 0.159. The van der Waals surface area contributed by atoms with Crippen molar-refractivity contribution in [1.82, 2.24) is 5.32 Å². The molecule has 0 aromatic carbocycles. The highest BCUT2D eigenvalue weighted by atomic mass is 32.2. The Bertz CT molecular complexity index is 703. The second-order valence-electron chi connectivity index (χ2n) is 8.28. The molecule has 29 heavy (non-hydrogen) atoms. The number of rotatable bonds is 1. The fourth-order valence-electron chi connectivity index (χ4n) is 3.96. The van der Waals surface area contributed by atoms with Crippen molar-refractivity contribution in [3.8, 4) is 0 Å². The van der Waals surface area contributed by atoms with Gasteiger partial charge in [0.2, 0.25) is 0 Å². The summed E-state index contributed by atoms with van der Waals surface area (Å²) in [5.74, 6) is -1.10. The molecule has 2 fully saturated rings. The minimum atomic E-state index is -1.53. The zero-order chi connectivity index (χ0) is 20.9. The first-order chi connectivity index (χ1) is 13.8. The van der Waals surface area contributed by atoms with Crippen molar-refractivity contribution < 1.29 is 24.2 Å². The molecule has 0 aromatic rings. The SMILES string of the molecule is C/C1=C/C(=O)O[C@@H]2C[C@@H](CC[C@@H](C)/C=C\C=C\CC1)O[C@@](O)([C@H]1CSC(=O)N1)C2. The van der Waals surface area contributed by atoms with Crippen LogP contribution < -0.4 is 5.32 Å². The lowest BCUT2D eigenvalue weighted by atomic mass is 9.90. The zero-order valence-corrected chi connectivity index (χ0v) is 18.0. The van der Waals surface area contributed by atoms with Gasteiger partial charge in [0.1, 0.15) is 6.10 Å². The number of hydrogen-bond donors (Lipinski definition) is 2. The molecule has 0 unspecified atom stereocenters. The van der Waals surface area contributed by atoms with Gasteiger partial charge in [0.05, 0.1) is 12.1 Å². The zero-order valence-electron chi connectivity index (χ0n) is 17.1. The third-order valence-electron chi connectivity index (χ3n) is 5.62. The highest BCUT2D eigenvalue weighted by molar-refractivity contribution is 8.14. The fourth-order valence-corrected chi connectivity index (χ4v) is 4.85. The maximum atomic E-state index is 12.4. The first-order valence-corrected chi connectivity index (χ1v) is 11.4. The molecule has 3 rings (SSSR count). The van der Waals surface area contributed by atoms with E-state index in [-0.39, 0.29) is 23.7 Å². The Morgan fingerprint density at radius 2 is 2.07 bits per heavy atom. The summed E-state index contributed by atoms with van der Waals surface area (Å²) in [6, 6.07) is -0.505. The molecular weight excluding hydrogens is 390 g/mol. The molecule has 5 atom stereocenters. The average molecular weight is 422 g/mol. The molecule has 0 radical (unpaired) electrons. The van der Waals surface area contributed by atoms with E-state index in [4.69, 9.17) is 9.47 Å². The standard InChI is InChI=1S/C22H31NO5S/c1-15-7-5-3-4-6-8-16(2)11-20(24)27-18-12-17(10-9-15)28-22(26,13-18)19-14-29-21(25)23-19/h3-5,7,11,15,17-19,26H,6,8-10,12-14H2,1-2H3,(H,23,25)/b4-3+,7-5-,16-11-/t15-,17+,18+,19+,22+/m0/s1. The van der Waals surface area contributed by atoms with Crippen LogP contribution in [0.2, 0.25) is 0 Å². The Morgan fingerprint density at radius 3 is 2.83 bits per heavy atom. The third kappa shape index (κ3) is 6.46. The number of aliphatic hydroxyl groups is 1. The van der Waals surface area contributed by atoms with Gasteiger partial charge in [-0.15, -0.1) is 0 Å². The molecule has 1 amide bonds. The van der Waals surface area contributed by atoms with E-state index in [0.717, 1.165) is 43.0 Å². The van der Waals surface area contributed by atoms with Crippen LogP contribution >= 0.6 is 11.8 Å². The second kappa shape index (κ2) is 9.96. The topological polar surface area (TPSA) is 84.9 Å². The Morgan fingerprint density at radius 1 is 1.24 bits per heavy atom. The van der Waals surface area contributed by atoms with Crippen molar-refractivity contribution in [1.29, 1.82) is 0 Å². The average Bonchev–Trinajstić information content (AvgIpc) is 3.09. The first kappa shape index (κ1) is 22.1. The molecule has 2 bridgehead atoms. The summed E-state index contributed by atoms with van der Waals surface area (Å²) in [5, 5.41) is 13.8. The maximum absolute atomic E-state index is 12.4. The summed E-state index contributed by atoms with van der Waals surface area (Å²) in [5.41, 5.74) is 0.961. The van der Waals surface area contributed by atoms with E-state index >= 15 is 0 Å². The molecule has 2 saturated heterocycles. The number of ether oxygens (including phenoxy) is 2. The van der Waals surface area contributed by atoms with Crippen LogP contribution in [0, 0.1) is 5.92 Å². The van der Waals surface area contributed by atoms with Gasteiger partial charge in [-0.3, -0.25) is 4.79 Å². The van der Waals surface area contributed by atoms with E-state index in [0.29, 0.717) is 18.1 Å². The van der Waals surface area contributed by atoms with Crippen LogP contribution in [0.5, 0.6) is 0 Å². The number of carbonyl (C=O) groups is 2. The van der Waals surface area contributed by atoms with Crippen molar-refractivity contribution in [3.05, 3.63) is 36.0 Å². The van der Waals surface area contributed by atoms with E-state index in [1.54, 1.807) is 0 Å². The Labute approximate surface area is 176 Å². The molecule has 6 nitrogen and oxygen atoms in total. The van der Waals surface area contributed by atoms with Crippen LogP contribution in [-0.4, -0.2) is 46.1 Å². The highest BCUT2D eigenvalue weighted by Crippen LogP contribution is 2.36. The molecular formula is C22H31NO5S. The van der Waals surface area contributed by atoms with E-state index in [2.05, 4.69) is 30.5 Å². The number of carbonyl (C=O) groups excluding carboxylic acids is 2. The first-order valence-electron chi connectivity index (χ1n) is 10.4. The van der Waals surface area contributed by atoms with E-state index < -0.39 is 17.9 Å². The van der Waals surface area contributed by atoms with E-state index in [1.807, 2.05) is 13.0 Å². The minimum Gasteiger partial charge on any atom is -0.459 e. The Kier molecular flexibility index (Phi) is 7.60. The Balaban J connectivity index is 1.78. The Hall–Kier alpha value is -1.57. The lowest BCUT2D eigenvalue weighted by molar-refractivity contribution is -0.283. The van der Waals surface area contributed by atoms with E-state index in [9.17, 15) is 14.7 Å². The quantitative estimate of drug-likeness (QED) is 0.626. The van der Waals surface area contributed by atoms with Crippen LogP contribution in [0.1, 0.15) is 52.4 Å². The number of allylic oxidation sites excluding steroid dienone is 5. The molecule has 2 N–H and O–H groups in total. The van der Waals surface area contributed by atoms with Gasteiger partial charge in [-0.2, -0.15) is 0 Å². The van der Waals surface area contributed by atoms with Crippen LogP contribution in [0.25, 0.3) is 0 Å². The van der Waals surface area contributed by atoms with Crippen LogP contribution in [-0.2, 0) is 14.3 Å². The number of hydrogen-bond acceptors (Lipinski definition) is 6. The normalized spacial score (nSPS) is 41.0. The lowest BCUT2D eigenvalue weighted by Crippen LogP contribution is -2.58. The van der Waals surface area contributed by atoms with Gasteiger partial charge in [0.15, 0.2) is 5.79 Å². The number of fused-ring (bicyclic) bond motifs is 2. The lowest BCUT2D eigenvalue weighted by Gasteiger charge is -2.43. The maximum Gasteiger partial charge on any atom is 0.330 e. The van der Waals surface area contributed by atoms with Crippen molar-refractivity contribution >= 4 is 23.0 Å². The smallest absolute Gasteiger partial charge is 0.330 e. The number of thioether (sulfide) groups is 1. The van der Waals surface area contributed by atoms with Gasteiger partial charge < -0.3 is 19.9 Å². The summed E-state index contributed by atoms with van der Waals surface area (Å²) in [4.78, 5) is 24.0. The molecule has 7 heteroatoms. The fraction of sp³-hybridized carbons (Fsp3) is 0.636. The number of amides is 1. The molecule has 3 aliphatic heterocycles. The monoisotopic (exact) mass is 421 g/mol. The molecule has 0 spiro atoms. The van der Waals surface area contributed by atoms with Gasteiger partial charge in [0.25, 0.3) is 5.24 Å². The largest absolute Gasteiger partial charge is 0.459 e. The summed E-state index contributed by atoms with van der Waals surface area (Å²) in [6.07, 6.45) is 13.2. The summed E-state index contributed by atoms with van der Waals surface area (Å²) in [7, 11) is 0. The summed E-state index contributed by atoms with van der Waals surface area (Å²) in [6.45, 7) is 4.07. The molecule has 0 aliphatic carbocycles. The van der Waals surface area contributed by atoms with Crippen LogP contribution in [0.15, 0.2) is 36.0 Å². The second-order valence-corrected chi connectivity index (χ2v) is 9.27. The molecule has 0 aromatic heterocycles. The predicted molar refractivity (Wildman–Crippen MR) is 113 cm³/mol. The highest BCUT2D eigenvalue weighted by Gasteiger charge is 2.49. The number of nitrogens with one attached hydrogen (secondary N) is 1. The molecule has 0 saturated carbocycles. The van der Waals surface area contributed by atoms with Gasteiger partial charge in [-0.05, 0) is 38.5 Å². The van der Waals surface area contributed by atoms with Crippen molar-refractivity contribution in [2.45, 2.75) is 76.4 Å². The van der Waals surface area contributed by atoms with Crippen molar-refractivity contribution in [2.75, 3.05) is 5.75 Å². The van der Waals surface area contributed by atoms with Crippen molar-refractivity contribution in [2.24, 2.45) is 5.92 Å². The predicted octanol–water partition coefficient (Wildman–Crippen LogP) is 3.86. The van der Waals surface area contributed by atoms with Crippen LogP contribution in [0.3, 0.4) is 0 Å². The third-order valence-corrected chi connectivity index (χ3v) is 6.50. The van der Waals surface area contributed by atoms with E-state index in [1.165, 1.54) is 6.08 Å². The summed E-state index contributed by atoms with van der Waals surface area (Å²) >= 11 is 1.14. The molecule has 3 aliphatic rings. The molecule has 160 valence electrons. The van der Waals surface area contributed by atoms with Crippen LogP contribution in [0.4, 0.5) is 4.79 Å². The molecule has 3 heterocycles. The van der Waals surface area contributed by atoms with Gasteiger partial charge in [0, 0.05) is 24.7 Å². The van der Waals surface area contributed by atoms with Gasteiger partial charge in [-0.1, -0.05) is 48.6 Å². The van der Waals surface area contributed by atoms with Crippen molar-refractivity contribution in [3.63, 3.8) is 0 Å². The number of esters is 1. The summed E-state index contributed by atoms with van der Waals surface area (Å²) < 4.78 is 11.8. The van der Waals surface area contributed by atoms with Gasteiger partial charge in [-0.25, -0.2) is 4.79 Å².